The van der Waals surface area contributed by atoms with Crippen molar-refractivity contribution in [2.24, 2.45) is 0 Å². The largest absolute Gasteiger partial charge is 0.416 e. The average molecular weight is 261 g/mol. The average Bonchev–Trinajstić information content (AvgIpc) is 2.86. The first kappa shape index (κ1) is 11.8. The Balaban J connectivity index is 2.10. The molecule has 0 saturated carbocycles. The van der Waals surface area contributed by atoms with Crippen LogP contribution in [-0.4, -0.2) is 4.98 Å². The Labute approximate surface area is 107 Å². The summed E-state index contributed by atoms with van der Waals surface area (Å²) in [7, 11) is 0. The van der Waals surface area contributed by atoms with Crippen LogP contribution in [0.5, 0.6) is 0 Å². The van der Waals surface area contributed by atoms with Crippen molar-refractivity contribution in [3.8, 4) is 11.1 Å². The minimum absolute atomic E-state index is 0.627. The van der Waals surface area contributed by atoms with Crippen LogP contribution in [0.2, 0.25) is 0 Å². The molecule has 0 atom stereocenters. The molecule has 3 aromatic rings. The number of alkyl halides is 3. The van der Waals surface area contributed by atoms with Gasteiger partial charge in [0.25, 0.3) is 0 Å². The molecule has 4 heteroatoms. The smallest absolute Gasteiger partial charge is 0.361 e. The first-order valence-electron chi connectivity index (χ1n) is 5.79. The summed E-state index contributed by atoms with van der Waals surface area (Å²) in [5.74, 6) is 0. The molecule has 0 spiro atoms. The van der Waals surface area contributed by atoms with Crippen molar-refractivity contribution in [2.75, 3.05) is 0 Å². The van der Waals surface area contributed by atoms with Gasteiger partial charge in [-0.25, -0.2) is 0 Å². The molecule has 0 bridgehead atoms. The van der Waals surface area contributed by atoms with Crippen LogP contribution in [0.25, 0.3) is 22.0 Å². The maximum atomic E-state index is 12.5. The summed E-state index contributed by atoms with van der Waals surface area (Å²) in [5.41, 5.74) is 2.04. The standard InChI is InChI=1S/C15H10F3N/c16-15(17,18)11-6-4-10(5-7-11)12-2-1-3-14-13(12)8-9-19-14/h1-9,19H. The van der Waals surface area contributed by atoms with Gasteiger partial charge in [0.05, 0.1) is 5.56 Å². The summed E-state index contributed by atoms with van der Waals surface area (Å²) in [6.07, 6.45) is -2.48. The molecule has 1 heterocycles. The number of nitrogens with one attached hydrogen (secondary N) is 1. The molecule has 0 fully saturated rings. The summed E-state index contributed by atoms with van der Waals surface area (Å²) in [5, 5.41) is 1.00. The van der Waals surface area contributed by atoms with E-state index in [9.17, 15) is 13.2 Å². The maximum Gasteiger partial charge on any atom is 0.416 e. The van der Waals surface area contributed by atoms with E-state index in [-0.39, 0.29) is 0 Å². The zero-order chi connectivity index (χ0) is 13.5. The number of fused-ring (bicyclic) bond motifs is 1. The number of aromatic nitrogens is 1. The van der Waals surface area contributed by atoms with Crippen molar-refractivity contribution in [3.63, 3.8) is 0 Å². The fraction of sp³-hybridized carbons (Fsp3) is 0.0667. The van der Waals surface area contributed by atoms with Crippen LogP contribution < -0.4 is 0 Å². The third kappa shape index (κ3) is 2.10. The summed E-state index contributed by atoms with van der Waals surface area (Å²) >= 11 is 0. The molecule has 1 nitrogen and oxygen atoms in total. The minimum Gasteiger partial charge on any atom is -0.361 e. The summed E-state index contributed by atoms with van der Waals surface area (Å²) in [6.45, 7) is 0. The van der Waals surface area contributed by atoms with Gasteiger partial charge < -0.3 is 4.98 Å². The molecular weight excluding hydrogens is 251 g/mol. The lowest BCUT2D eigenvalue weighted by atomic mass is 10.0. The summed E-state index contributed by atoms with van der Waals surface area (Å²) in [6, 6.07) is 12.9. The lowest BCUT2D eigenvalue weighted by Crippen LogP contribution is -2.03. The molecule has 0 amide bonds. The number of H-pyrrole nitrogens is 1. The first-order chi connectivity index (χ1) is 9.05. The SMILES string of the molecule is FC(F)(F)c1ccc(-c2cccc3[nH]ccc23)cc1. The van der Waals surface area contributed by atoms with Crippen LogP contribution in [0.1, 0.15) is 5.56 Å². The quantitative estimate of drug-likeness (QED) is 0.644. The van der Waals surface area contributed by atoms with Gasteiger partial charge in [-0.15, -0.1) is 0 Å². The predicted molar refractivity (Wildman–Crippen MR) is 68.7 cm³/mol. The predicted octanol–water partition coefficient (Wildman–Crippen LogP) is 4.85. The fourth-order valence-corrected chi connectivity index (χ4v) is 2.18. The van der Waals surface area contributed by atoms with Gasteiger partial charge in [0.15, 0.2) is 0 Å². The van der Waals surface area contributed by atoms with E-state index in [4.69, 9.17) is 0 Å². The Morgan fingerprint density at radius 2 is 1.58 bits per heavy atom. The molecule has 0 aliphatic carbocycles. The lowest BCUT2D eigenvalue weighted by molar-refractivity contribution is -0.137. The van der Waals surface area contributed by atoms with E-state index in [1.165, 1.54) is 12.1 Å². The van der Waals surface area contributed by atoms with Crippen LogP contribution in [0.3, 0.4) is 0 Å². The molecule has 2 aromatic carbocycles. The number of halogens is 3. The van der Waals surface area contributed by atoms with E-state index in [0.717, 1.165) is 34.2 Å². The lowest BCUT2D eigenvalue weighted by Gasteiger charge is -2.08. The van der Waals surface area contributed by atoms with Gasteiger partial charge >= 0.3 is 6.18 Å². The van der Waals surface area contributed by atoms with Crippen LogP contribution in [0.4, 0.5) is 13.2 Å². The molecule has 0 radical (unpaired) electrons. The minimum atomic E-state index is -4.29. The molecular formula is C15H10F3N. The van der Waals surface area contributed by atoms with Crippen molar-refractivity contribution in [1.82, 2.24) is 4.98 Å². The van der Waals surface area contributed by atoms with Gasteiger partial charge in [-0.3, -0.25) is 0 Å². The van der Waals surface area contributed by atoms with E-state index in [1.807, 2.05) is 30.5 Å². The van der Waals surface area contributed by atoms with Crippen molar-refractivity contribution in [2.45, 2.75) is 6.18 Å². The molecule has 3 rings (SSSR count). The molecule has 19 heavy (non-hydrogen) atoms. The highest BCUT2D eigenvalue weighted by atomic mass is 19.4. The number of rotatable bonds is 1. The van der Waals surface area contributed by atoms with Crippen molar-refractivity contribution in [1.29, 1.82) is 0 Å². The van der Waals surface area contributed by atoms with Gasteiger partial charge in [0, 0.05) is 17.1 Å². The van der Waals surface area contributed by atoms with Crippen molar-refractivity contribution in [3.05, 3.63) is 60.3 Å². The fourth-order valence-electron chi connectivity index (χ4n) is 2.18. The molecule has 0 aliphatic rings. The van der Waals surface area contributed by atoms with Crippen LogP contribution in [0.15, 0.2) is 54.7 Å². The van der Waals surface area contributed by atoms with Crippen LogP contribution >= 0.6 is 0 Å². The van der Waals surface area contributed by atoms with Gasteiger partial charge in [0.2, 0.25) is 0 Å². The van der Waals surface area contributed by atoms with E-state index in [0.29, 0.717) is 0 Å². The maximum absolute atomic E-state index is 12.5. The number of hydrogen-bond acceptors (Lipinski definition) is 0. The third-order valence-electron chi connectivity index (χ3n) is 3.12. The second-order valence-electron chi connectivity index (χ2n) is 4.32. The normalized spacial score (nSPS) is 11.9. The zero-order valence-electron chi connectivity index (χ0n) is 9.83. The van der Waals surface area contributed by atoms with E-state index >= 15 is 0 Å². The Morgan fingerprint density at radius 1 is 0.842 bits per heavy atom. The van der Waals surface area contributed by atoms with Gasteiger partial charge in [-0.05, 0) is 35.4 Å². The number of aromatic amines is 1. The highest BCUT2D eigenvalue weighted by Crippen LogP contribution is 2.32. The summed E-state index contributed by atoms with van der Waals surface area (Å²) in [4.78, 5) is 3.09. The molecule has 0 aliphatic heterocycles. The molecule has 96 valence electrons. The first-order valence-corrected chi connectivity index (χ1v) is 5.79. The highest BCUT2D eigenvalue weighted by molar-refractivity contribution is 5.95. The number of benzene rings is 2. The monoisotopic (exact) mass is 261 g/mol. The van der Waals surface area contributed by atoms with Gasteiger partial charge in [0.1, 0.15) is 0 Å². The number of hydrogen-bond donors (Lipinski definition) is 1. The van der Waals surface area contributed by atoms with Crippen molar-refractivity contribution >= 4 is 10.9 Å². The second-order valence-corrected chi connectivity index (χ2v) is 4.32. The van der Waals surface area contributed by atoms with Crippen molar-refractivity contribution < 1.29 is 13.2 Å². The molecule has 1 N–H and O–H groups in total. The third-order valence-corrected chi connectivity index (χ3v) is 3.12. The van der Waals surface area contributed by atoms with Gasteiger partial charge in [-0.2, -0.15) is 13.2 Å². The molecule has 0 unspecified atom stereocenters. The molecule has 0 saturated heterocycles. The second kappa shape index (κ2) is 4.16. The highest BCUT2D eigenvalue weighted by Gasteiger charge is 2.29. The zero-order valence-corrected chi connectivity index (χ0v) is 9.83. The topological polar surface area (TPSA) is 15.8 Å². The van der Waals surface area contributed by atoms with E-state index < -0.39 is 11.7 Å². The van der Waals surface area contributed by atoms with Crippen LogP contribution in [-0.2, 0) is 6.18 Å². The van der Waals surface area contributed by atoms with Gasteiger partial charge in [-0.1, -0.05) is 24.3 Å². The Kier molecular flexibility index (Phi) is 2.59. The Morgan fingerprint density at radius 3 is 2.26 bits per heavy atom. The Hall–Kier alpha value is -2.23. The van der Waals surface area contributed by atoms with E-state index in [1.54, 1.807) is 0 Å². The Bertz CT molecular complexity index is 708. The molecule has 1 aromatic heterocycles. The van der Waals surface area contributed by atoms with E-state index in [2.05, 4.69) is 4.98 Å². The summed E-state index contributed by atoms with van der Waals surface area (Å²) < 4.78 is 37.6. The van der Waals surface area contributed by atoms with Crippen LogP contribution in [0, 0.1) is 0 Å².